The van der Waals surface area contributed by atoms with E-state index in [0.717, 1.165) is 0 Å². The van der Waals surface area contributed by atoms with Gasteiger partial charge in [-0.3, -0.25) is 0 Å². The second kappa shape index (κ2) is 3.44. The number of hydrogen-bond donors (Lipinski definition) is 2. The Morgan fingerprint density at radius 2 is 1.47 bits per heavy atom. The average Bonchev–Trinajstić information content (AvgIpc) is 2.92. The molecular formula is C6H6N8O5. The van der Waals surface area contributed by atoms with Gasteiger partial charge in [-0.25, -0.2) is 29.9 Å². The van der Waals surface area contributed by atoms with Gasteiger partial charge >= 0.3 is 11.6 Å². The molecule has 100 valence electrons. The Bertz CT molecular complexity index is 556. The van der Waals surface area contributed by atoms with Gasteiger partial charge in [-0.1, -0.05) is 0 Å². The van der Waals surface area contributed by atoms with Gasteiger partial charge < -0.3 is 15.8 Å². The summed E-state index contributed by atoms with van der Waals surface area (Å²) < 4.78 is 0.128. The molecule has 13 heteroatoms. The first kappa shape index (κ1) is 11.0. The number of nitrogens with zero attached hydrogens (tertiary/aromatic N) is 6. The van der Waals surface area contributed by atoms with Crippen LogP contribution in [0.15, 0.2) is 0 Å². The highest BCUT2D eigenvalue weighted by atomic mass is 16.7. The number of nitrogens with one attached hydrogen (secondary N) is 2. The summed E-state index contributed by atoms with van der Waals surface area (Å²) in [6.07, 6.45) is 0. The zero-order valence-corrected chi connectivity index (χ0v) is 9.14. The van der Waals surface area contributed by atoms with Crippen molar-refractivity contribution in [3.05, 3.63) is 25.4 Å². The predicted molar refractivity (Wildman–Crippen MR) is 59.1 cm³/mol. The van der Waals surface area contributed by atoms with Crippen LogP contribution in [0.3, 0.4) is 0 Å². The monoisotopic (exact) mass is 270 g/mol. The lowest BCUT2D eigenvalue weighted by molar-refractivity contribution is -0.616. The topological polar surface area (TPSA) is 157 Å². The Hall–Kier alpha value is -3.12. The van der Waals surface area contributed by atoms with Crippen LogP contribution < -0.4 is 25.4 Å². The van der Waals surface area contributed by atoms with Crippen molar-refractivity contribution in [2.75, 3.05) is 34.0 Å². The lowest BCUT2D eigenvalue weighted by Crippen LogP contribution is -2.44. The molecule has 0 spiro atoms. The summed E-state index contributed by atoms with van der Waals surface area (Å²) in [5, 5.41) is 38.3. The fraction of sp³-hybridized carbons (Fsp3) is 0.333. The predicted octanol–water partition coefficient (Wildman–Crippen LogP) is -1.52. The molecule has 0 aromatic carbocycles. The van der Waals surface area contributed by atoms with Gasteiger partial charge in [-0.2, -0.15) is 0 Å². The lowest BCUT2D eigenvalue weighted by atomic mass is 10.5. The van der Waals surface area contributed by atoms with Crippen LogP contribution in [-0.4, -0.2) is 28.4 Å². The van der Waals surface area contributed by atoms with Crippen LogP contribution in [-0.2, 0) is 0 Å². The summed E-state index contributed by atoms with van der Waals surface area (Å²) in [4.78, 5) is 25.5. The van der Waals surface area contributed by atoms with Crippen molar-refractivity contribution >= 4 is 23.3 Å². The SMILES string of the molecule is O=[N+]([O-])N1CNc2nc3c([n+]([O-])c21)N([N+](=O)[O-])CN3. The van der Waals surface area contributed by atoms with Crippen LogP contribution in [0.25, 0.3) is 0 Å². The molecule has 0 amide bonds. The molecule has 0 bridgehead atoms. The summed E-state index contributed by atoms with van der Waals surface area (Å²) in [5.41, 5.74) is 0. The normalized spacial score (nSPS) is 15.6. The maximum Gasteiger partial charge on any atom is 0.335 e. The Morgan fingerprint density at radius 3 is 1.84 bits per heavy atom. The standard InChI is InChI=1S/C6H6N8O5/c15-12-5-3(7-1-10(5)13(16)17)9-4-6(12)11(2-8-4)14(18)19/h1-2H2,(H2,7,8,9). The minimum Gasteiger partial charge on any atom is -0.739 e. The molecule has 1 aromatic rings. The van der Waals surface area contributed by atoms with Crippen molar-refractivity contribution in [1.29, 1.82) is 0 Å². The van der Waals surface area contributed by atoms with E-state index in [1.54, 1.807) is 0 Å². The quantitative estimate of drug-likeness (QED) is 0.279. The minimum absolute atomic E-state index is 0.00291. The van der Waals surface area contributed by atoms with E-state index in [1.165, 1.54) is 0 Å². The smallest absolute Gasteiger partial charge is 0.335 e. The van der Waals surface area contributed by atoms with E-state index >= 15 is 0 Å². The number of rotatable bonds is 2. The maximum atomic E-state index is 12.1. The summed E-state index contributed by atoms with van der Waals surface area (Å²) in [6, 6.07) is 0. The molecule has 0 unspecified atom stereocenters. The highest BCUT2D eigenvalue weighted by Gasteiger charge is 2.45. The summed E-state index contributed by atoms with van der Waals surface area (Å²) in [5.74, 6) is -0.745. The Balaban J connectivity index is 2.18. The molecule has 2 aliphatic rings. The van der Waals surface area contributed by atoms with E-state index in [9.17, 15) is 25.4 Å². The van der Waals surface area contributed by atoms with Gasteiger partial charge in [0.1, 0.15) is 0 Å². The second-order valence-corrected chi connectivity index (χ2v) is 3.70. The van der Waals surface area contributed by atoms with Gasteiger partial charge in [-0.05, 0) is 0 Å². The van der Waals surface area contributed by atoms with Crippen molar-refractivity contribution in [2.45, 2.75) is 0 Å². The van der Waals surface area contributed by atoms with Crippen molar-refractivity contribution in [3.8, 4) is 0 Å². The Labute approximate surface area is 103 Å². The van der Waals surface area contributed by atoms with Crippen LogP contribution in [0.2, 0.25) is 0 Å². The molecule has 0 fully saturated rings. The minimum atomic E-state index is -0.791. The zero-order chi connectivity index (χ0) is 13.7. The molecule has 0 saturated carbocycles. The van der Waals surface area contributed by atoms with E-state index in [-0.39, 0.29) is 41.3 Å². The highest BCUT2D eigenvalue weighted by molar-refractivity contribution is 5.71. The zero-order valence-electron chi connectivity index (χ0n) is 9.14. The van der Waals surface area contributed by atoms with E-state index in [4.69, 9.17) is 0 Å². The van der Waals surface area contributed by atoms with Gasteiger partial charge in [0.25, 0.3) is 0 Å². The Morgan fingerprint density at radius 1 is 1.05 bits per heavy atom. The van der Waals surface area contributed by atoms with Crippen molar-refractivity contribution in [3.63, 3.8) is 0 Å². The van der Waals surface area contributed by atoms with Gasteiger partial charge in [0, 0.05) is 10.0 Å². The molecule has 3 rings (SSSR count). The van der Waals surface area contributed by atoms with Crippen molar-refractivity contribution in [1.82, 2.24) is 4.98 Å². The van der Waals surface area contributed by atoms with Gasteiger partial charge in [0.2, 0.25) is 35.0 Å². The first-order valence-corrected chi connectivity index (χ1v) is 4.99. The van der Waals surface area contributed by atoms with Crippen LogP contribution in [0.4, 0.5) is 23.3 Å². The highest BCUT2D eigenvalue weighted by Crippen LogP contribution is 2.34. The summed E-state index contributed by atoms with van der Waals surface area (Å²) in [7, 11) is 0. The molecule has 0 radical (unpaired) electrons. The van der Waals surface area contributed by atoms with Gasteiger partial charge in [0.15, 0.2) is 0 Å². The van der Waals surface area contributed by atoms with Gasteiger partial charge in [0.05, 0.1) is 0 Å². The summed E-state index contributed by atoms with van der Waals surface area (Å²) in [6.45, 7) is -0.474. The number of nitro groups is 2. The number of fused-ring (bicyclic) bond motifs is 2. The van der Waals surface area contributed by atoms with Crippen LogP contribution in [0.5, 0.6) is 0 Å². The lowest BCUT2D eigenvalue weighted by Gasteiger charge is -2.13. The average molecular weight is 270 g/mol. The maximum absolute atomic E-state index is 12.1. The summed E-state index contributed by atoms with van der Waals surface area (Å²) >= 11 is 0. The molecule has 0 saturated heterocycles. The molecule has 2 N–H and O–H groups in total. The fourth-order valence-corrected chi connectivity index (χ4v) is 1.92. The molecule has 2 aliphatic heterocycles. The second-order valence-electron chi connectivity index (χ2n) is 3.70. The number of hydrazine groups is 2. The molecule has 1 aromatic heterocycles. The third-order valence-corrected chi connectivity index (χ3v) is 2.71. The molecule has 0 aliphatic carbocycles. The fourth-order valence-electron chi connectivity index (χ4n) is 1.92. The molecule has 13 nitrogen and oxygen atoms in total. The van der Waals surface area contributed by atoms with E-state index in [0.29, 0.717) is 10.0 Å². The molecule has 19 heavy (non-hydrogen) atoms. The molecule has 3 heterocycles. The van der Waals surface area contributed by atoms with Crippen LogP contribution in [0.1, 0.15) is 0 Å². The third-order valence-electron chi connectivity index (χ3n) is 2.71. The van der Waals surface area contributed by atoms with E-state index in [1.807, 2.05) is 0 Å². The number of anilines is 4. The van der Waals surface area contributed by atoms with Crippen LogP contribution >= 0.6 is 0 Å². The van der Waals surface area contributed by atoms with E-state index in [2.05, 4.69) is 15.6 Å². The molecular weight excluding hydrogens is 264 g/mol. The Kier molecular flexibility index (Phi) is 1.99. The molecule has 0 atom stereocenters. The number of aromatic nitrogens is 2. The largest absolute Gasteiger partial charge is 0.739 e. The van der Waals surface area contributed by atoms with Crippen molar-refractivity contribution in [2.24, 2.45) is 0 Å². The van der Waals surface area contributed by atoms with Crippen LogP contribution in [0, 0.1) is 25.4 Å². The third kappa shape index (κ3) is 1.34. The first-order chi connectivity index (χ1) is 9.00. The van der Waals surface area contributed by atoms with Crippen molar-refractivity contribution < 1.29 is 14.8 Å². The van der Waals surface area contributed by atoms with E-state index < -0.39 is 10.1 Å². The van der Waals surface area contributed by atoms with Gasteiger partial charge in [-0.15, -0.1) is 0 Å². The number of hydrogen-bond acceptors (Lipinski definition) is 8. The first-order valence-electron chi connectivity index (χ1n) is 4.99.